The molecule has 0 radical (unpaired) electrons. The minimum Gasteiger partial charge on any atom is -0.370 e. The van der Waals surface area contributed by atoms with E-state index < -0.39 is 10.0 Å². The lowest BCUT2D eigenvalue weighted by molar-refractivity contribution is 0.103. The maximum Gasteiger partial charge on any atom is 0.238 e. The summed E-state index contributed by atoms with van der Waals surface area (Å²) in [5.74, 6) is 0. The van der Waals surface area contributed by atoms with Crippen LogP contribution in [-0.4, -0.2) is 18.2 Å². The molecule has 0 aliphatic heterocycles. The Hall–Kier alpha value is -3.52. The van der Waals surface area contributed by atoms with Crippen LogP contribution >= 0.6 is 0 Å². The SMILES string of the molecule is CC=Cn1nc(-c2ccccc2S(N)(=O)=O)c(-c2ccc(C)cc2)c1COCc1ccccc1. The van der Waals surface area contributed by atoms with Crippen LogP contribution in [0.25, 0.3) is 28.6 Å². The van der Waals surface area contributed by atoms with Crippen LogP contribution < -0.4 is 5.14 Å². The first-order chi connectivity index (χ1) is 16.4. The zero-order valence-electron chi connectivity index (χ0n) is 19.2. The number of hydrogen-bond acceptors (Lipinski definition) is 4. The fourth-order valence-corrected chi connectivity index (χ4v) is 4.57. The largest absolute Gasteiger partial charge is 0.370 e. The molecule has 34 heavy (non-hydrogen) atoms. The molecule has 0 spiro atoms. The number of aryl methyl sites for hydroxylation is 1. The van der Waals surface area contributed by atoms with Crippen molar-refractivity contribution in [3.05, 3.63) is 102 Å². The molecule has 6 nitrogen and oxygen atoms in total. The molecule has 0 aliphatic rings. The van der Waals surface area contributed by atoms with Gasteiger partial charge in [-0.05, 0) is 31.0 Å². The third-order valence-electron chi connectivity index (χ3n) is 5.44. The van der Waals surface area contributed by atoms with E-state index in [0.29, 0.717) is 17.9 Å². The summed E-state index contributed by atoms with van der Waals surface area (Å²) in [6, 6.07) is 24.7. The van der Waals surface area contributed by atoms with Crippen molar-refractivity contribution in [2.75, 3.05) is 0 Å². The third-order valence-corrected chi connectivity index (χ3v) is 6.41. The van der Waals surface area contributed by atoms with E-state index in [-0.39, 0.29) is 11.5 Å². The summed E-state index contributed by atoms with van der Waals surface area (Å²) < 4.78 is 32.6. The average molecular weight is 474 g/mol. The predicted molar refractivity (Wildman–Crippen MR) is 135 cm³/mol. The van der Waals surface area contributed by atoms with Crippen molar-refractivity contribution in [3.8, 4) is 22.4 Å². The summed E-state index contributed by atoms with van der Waals surface area (Å²) in [7, 11) is -3.95. The molecule has 7 heteroatoms. The van der Waals surface area contributed by atoms with E-state index in [2.05, 4.69) is 0 Å². The number of benzene rings is 3. The summed E-state index contributed by atoms with van der Waals surface area (Å²) in [4.78, 5) is 0.0326. The number of aromatic nitrogens is 2. The Bertz CT molecular complexity index is 1410. The van der Waals surface area contributed by atoms with Crippen LogP contribution in [-0.2, 0) is 28.0 Å². The van der Waals surface area contributed by atoms with Crippen LogP contribution in [0.5, 0.6) is 0 Å². The summed E-state index contributed by atoms with van der Waals surface area (Å²) in [5, 5.41) is 10.3. The summed E-state index contributed by atoms with van der Waals surface area (Å²) >= 11 is 0. The Labute approximate surface area is 200 Å². The standard InChI is InChI=1S/C27H27N3O3S/c1-3-17-30-24(19-33-18-21-9-5-4-6-10-21)26(22-15-13-20(2)14-16-22)27(29-30)23-11-7-8-12-25(23)34(28,31)32/h3-17H,18-19H2,1-2H3,(H2,28,31,32). The molecule has 0 amide bonds. The normalized spacial score (nSPS) is 11.9. The van der Waals surface area contributed by atoms with Gasteiger partial charge in [-0.15, -0.1) is 0 Å². The van der Waals surface area contributed by atoms with Crippen LogP contribution in [0.15, 0.2) is 89.8 Å². The first-order valence-corrected chi connectivity index (χ1v) is 12.5. The topological polar surface area (TPSA) is 87.2 Å². The lowest BCUT2D eigenvalue weighted by Gasteiger charge is -2.11. The van der Waals surface area contributed by atoms with Gasteiger partial charge in [0.1, 0.15) is 5.69 Å². The Balaban J connectivity index is 1.88. The molecule has 3 aromatic carbocycles. The Morgan fingerprint density at radius 2 is 1.62 bits per heavy atom. The number of sulfonamides is 1. The van der Waals surface area contributed by atoms with E-state index in [0.717, 1.165) is 27.9 Å². The van der Waals surface area contributed by atoms with E-state index in [9.17, 15) is 8.42 Å². The van der Waals surface area contributed by atoms with E-state index in [1.165, 1.54) is 6.07 Å². The number of primary sulfonamides is 1. The van der Waals surface area contributed by atoms with E-state index in [1.807, 2.05) is 80.7 Å². The lowest BCUT2D eigenvalue weighted by atomic mass is 9.98. The highest BCUT2D eigenvalue weighted by Gasteiger charge is 2.24. The average Bonchev–Trinajstić information content (AvgIpc) is 3.18. The summed E-state index contributed by atoms with van der Waals surface area (Å²) in [5.41, 5.74) is 5.71. The van der Waals surface area contributed by atoms with Gasteiger partial charge in [0.15, 0.2) is 0 Å². The van der Waals surface area contributed by atoms with Crippen molar-refractivity contribution in [1.29, 1.82) is 0 Å². The van der Waals surface area contributed by atoms with Gasteiger partial charge in [0.2, 0.25) is 10.0 Å². The highest BCUT2D eigenvalue weighted by Crippen LogP contribution is 2.38. The second-order valence-corrected chi connectivity index (χ2v) is 9.51. The minimum atomic E-state index is -3.95. The summed E-state index contributed by atoms with van der Waals surface area (Å²) in [6.45, 7) is 4.65. The van der Waals surface area contributed by atoms with Gasteiger partial charge in [-0.25, -0.2) is 18.2 Å². The molecule has 0 fully saturated rings. The second kappa shape index (κ2) is 10.2. The molecular weight excluding hydrogens is 446 g/mol. The molecule has 174 valence electrons. The molecule has 4 aromatic rings. The zero-order valence-corrected chi connectivity index (χ0v) is 20.0. The van der Waals surface area contributed by atoms with Crippen LogP contribution in [0.4, 0.5) is 0 Å². The number of hydrogen-bond donors (Lipinski definition) is 1. The van der Waals surface area contributed by atoms with Crippen molar-refractivity contribution >= 4 is 16.2 Å². The highest BCUT2D eigenvalue weighted by atomic mass is 32.2. The minimum absolute atomic E-state index is 0.0326. The van der Waals surface area contributed by atoms with Crippen molar-refractivity contribution < 1.29 is 13.2 Å². The maximum atomic E-state index is 12.4. The molecule has 0 saturated carbocycles. The molecule has 4 rings (SSSR count). The van der Waals surface area contributed by atoms with Gasteiger partial charge >= 0.3 is 0 Å². The first-order valence-electron chi connectivity index (χ1n) is 10.9. The number of nitrogens with zero attached hydrogens (tertiary/aromatic N) is 2. The number of nitrogens with two attached hydrogens (primary N) is 1. The van der Waals surface area contributed by atoms with E-state index >= 15 is 0 Å². The van der Waals surface area contributed by atoms with Gasteiger partial charge in [0, 0.05) is 17.3 Å². The van der Waals surface area contributed by atoms with E-state index in [1.54, 1.807) is 22.9 Å². The van der Waals surface area contributed by atoms with Gasteiger partial charge in [-0.1, -0.05) is 84.4 Å². The fourth-order valence-electron chi connectivity index (χ4n) is 3.83. The molecule has 1 aromatic heterocycles. The smallest absolute Gasteiger partial charge is 0.238 e. The Morgan fingerprint density at radius 3 is 2.29 bits per heavy atom. The molecule has 0 saturated heterocycles. The molecule has 1 heterocycles. The quantitative estimate of drug-likeness (QED) is 0.372. The molecule has 0 atom stereocenters. The first kappa shape index (κ1) is 23.6. The van der Waals surface area contributed by atoms with Crippen LogP contribution in [0.3, 0.4) is 0 Å². The van der Waals surface area contributed by atoms with Crippen molar-refractivity contribution in [3.63, 3.8) is 0 Å². The molecular formula is C27H27N3O3S. The number of allylic oxidation sites excluding steroid dienone is 1. The number of ether oxygens (including phenoxy) is 1. The van der Waals surface area contributed by atoms with E-state index in [4.69, 9.17) is 15.0 Å². The molecule has 0 bridgehead atoms. The van der Waals surface area contributed by atoms with Gasteiger partial charge < -0.3 is 4.74 Å². The predicted octanol–water partition coefficient (Wildman–Crippen LogP) is 5.38. The van der Waals surface area contributed by atoms with Crippen molar-refractivity contribution in [1.82, 2.24) is 9.78 Å². The Morgan fingerprint density at radius 1 is 0.941 bits per heavy atom. The van der Waals surface area contributed by atoms with Crippen LogP contribution in [0, 0.1) is 6.92 Å². The van der Waals surface area contributed by atoms with Crippen LogP contribution in [0.1, 0.15) is 23.7 Å². The lowest BCUT2D eigenvalue weighted by Crippen LogP contribution is -2.13. The third kappa shape index (κ3) is 5.17. The second-order valence-electron chi connectivity index (χ2n) is 7.98. The monoisotopic (exact) mass is 473 g/mol. The van der Waals surface area contributed by atoms with Gasteiger partial charge in [0.05, 0.1) is 23.8 Å². The highest BCUT2D eigenvalue weighted by molar-refractivity contribution is 7.89. The van der Waals surface area contributed by atoms with Gasteiger partial charge in [-0.2, -0.15) is 5.10 Å². The summed E-state index contributed by atoms with van der Waals surface area (Å²) in [6.07, 6.45) is 3.71. The van der Waals surface area contributed by atoms with Crippen molar-refractivity contribution in [2.45, 2.75) is 32.0 Å². The van der Waals surface area contributed by atoms with Crippen LogP contribution in [0.2, 0.25) is 0 Å². The molecule has 0 unspecified atom stereocenters. The van der Waals surface area contributed by atoms with Gasteiger partial charge in [-0.3, -0.25) is 0 Å². The zero-order chi connectivity index (χ0) is 24.1. The number of rotatable bonds is 8. The van der Waals surface area contributed by atoms with Gasteiger partial charge in [0.25, 0.3) is 0 Å². The maximum absolute atomic E-state index is 12.4. The molecule has 0 aliphatic carbocycles. The Kier molecular flexibility index (Phi) is 7.07. The fraction of sp³-hybridized carbons (Fsp3) is 0.148. The molecule has 2 N–H and O–H groups in total. The van der Waals surface area contributed by atoms with Crippen molar-refractivity contribution in [2.24, 2.45) is 5.14 Å².